The van der Waals surface area contributed by atoms with Crippen LogP contribution in [0.15, 0.2) is 126 Å². The van der Waals surface area contributed by atoms with Crippen molar-refractivity contribution in [1.29, 1.82) is 0 Å². The number of aromatic nitrogens is 4. The second-order valence-electron chi connectivity index (χ2n) is 8.84. The summed E-state index contributed by atoms with van der Waals surface area (Å²) in [6.45, 7) is 0. The summed E-state index contributed by atoms with van der Waals surface area (Å²) in [6, 6.07) is 32.5. The van der Waals surface area contributed by atoms with Gasteiger partial charge in [-0.05, 0) is 60.2 Å². The second kappa shape index (κ2) is 8.81. The van der Waals surface area contributed by atoms with Gasteiger partial charge in [0.1, 0.15) is 11.2 Å². The van der Waals surface area contributed by atoms with Crippen LogP contribution in [0.2, 0.25) is 0 Å². The van der Waals surface area contributed by atoms with Crippen molar-refractivity contribution in [3.63, 3.8) is 0 Å². The van der Waals surface area contributed by atoms with Crippen LogP contribution in [0.4, 0.5) is 0 Å². The van der Waals surface area contributed by atoms with E-state index >= 15 is 0 Å². The maximum Gasteiger partial charge on any atom is 0.160 e. The topological polar surface area (TPSA) is 64.7 Å². The van der Waals surface area contributed by atoms with Gasteiger partial charge in [-0.25, -0.2) is 9.97 Å². The van der Waals surface area contributed by atoms with Gasteiger partial charge in [-0.15, -0.1) is 0 Å². The molecule has 0 aliphatic heterocycles. The average molecular weight is 477 g/mol. The number of hydrogen-bond donors (Lipinski definition) is 0. The third-order valence-electron chi connectivity index (χ3n) is 6.47. The van der Waals surface area contributed by atoms with Gasteiger partial charge in [0.05, 0.1) is 11.4 Å². The highest BCUT2D eigenvalue weighted by Crippen LogP contribution is 2.34. The van der Waals surface area contributed by atoms with Gasteiger partial charge in [-0.3, -0.25) is 9.97 Å². The molecule has 4 heterocycles. The summed E-state index contributed by atoms with van der Waals surface area (Å²) in [5.74, 6) is 0.652. The second-order valence-corrected chi connectivity index (χ2v) is 8.84. The largest absolute Gasteiger partial charge is 0.456 e. The van der Waals surface area contributed by atoms with E-state index in [1.54, 1.807) is 12.4 Å². The number of pyridine rings is 2. The van der Waals surface area contributed by atoms with Crippen molar-refractivity contribution in [2.45, 2.75) is 0 Å². The Morgan fingerprint density at radius 1 is 0.459 bits per heavy atom. The summed E-state index contributed by atoms with van der Waals surface area (Å²) in [6.07, 6.45) is 7.23. The SMILES string of the molecule is c1cncc(-c2cccc(-c3nc(-c4cccnc4)cc(-c4ccc5oc6ccccc6c5c4)n3)c2)c1. The Hall–Kier alpha value is -5.16. The first-order valence-corrected chi connectivity index (χ1v) is 12.0. The van der Waals surface area contributed by atoms with E-state index in [9.17, 15) is 0 Å². The molecule has 0 bridgehead atoms. The van der Waals surface area contributed by atoms with Crippen LogP contribution in [0.1, 0.15) is 0 Å². The number of benzene rings is 3. The van der Waals surface area contributed by atoms with Crippen molar-refractivity contribution in [1.82, 2.24) is 19.9 Å². The molecule has 7 rings (SSSR count). The molecule has 0 amide bonds. The van der Waals surface area contributed by atoms with E-state index in [-0.39, 0.29) is 0 Å². The summed E-state index contributed by atoms with van der Waals surface area (Å²) in [5.41, 5.74) is 8.36. The summed E-state index contributed by atoms with van der Waals surface area (Å²) in [4.78, 5) is 18.6. The summed E-state index contributed by atoms with van der Waals surface area (Å²) < 4.78 is 6.04. The smallest absolute Gasteiger partial charge is 0.160 e. The van der Waals surface area contributed by atoms with Crippen molar-refractivity contribution in [3.05, 3.63) is 122 Å². The molecule has 0 saturated heterocycles. The summed E-state index contributed by atoms with van der Waals surface area (Å²) in [5, 5.41) is 2.15. The minimum absolute atomic E-state index is 0.652. The van der Waals surface area contributed by atoms with Crippen LogP contribution in [-0.4, -0.2) is 19.9 Å². The molecule has 0 aliphatic carbocycles. The van der Waals surface area contributed by atoms with Gasteiger partial charge < -0.3 is 4.42 Å². The van der Waals surface area contributed by atoms with Crippen LogP contribution in [0, 0.1) is 0 Å². The maximum absolute atomic E-state index is 6.04. The van der Waals surface area contributed by atoms with Crippen molar-refractivity contribution in [2.24, 2.45) is 0 Å². The Balaban J connectivity index is 1.41. The molecule has 5 nitrogen and oxygen atoms in total. The molecule has 0 N–H and O–H groups in total. The molecule has 7 aromatic rings. The molecule has 0 atom stereocenters. The quantitative estimate of drug-likeness (QED) is 0.259. The zero-order chi connectivity index (χ0) is 24.6. The van der Waals surface area contributed by atoms with Crippen LogP contribution in [0.5, 0.6) is 0 Å². The number of rotatable bonds is 4. The molecule has 0 aliphatic rings. The Labute approximate surface area is 213 Å². The predicted octanol–water partition coefficient (Wildman–Crippen LogP) is 7.83. The molecule has 174 valence electrons. The van der Waals surface area contributed by atoms with Gasteiger partial charge in [-0.2, -0.15) is 0 Å². The van der Waals surface area contributed by atoms with Gasteiger partial charge in [0.2, 0.25) is 0 Å². The lowest BCUT2D eigenvalue weighted by molar-refractivity contribution is 0.669. The third-order valence-corrected chi connectivity index (χ3v) is 6.47. The normalized spacial score (nSPS) is 11.2. The fourth-order valence-corrected chi connectivity index (χ4v) is 4.64. The Bertz CT molecular complexity index is 1880. The maximum atomic E-state index is 6.04. The van der Waals surface area contributed by atoms with E-state index in [1.165, 1.54) is 0 Å². The van der Waals surface area contributed by atoms with E-state index < -0.39 is 0 Å². The highest BCUT2D eigenvalue weighted by Gasteiger charge is 2.14. The highest BCUT2D eigenvalue weighted by atomic mass is 16.3. The fraction of sp³-hybridized carbons (Fsp3) is 0. The van der Waals surface area contributed by atoms with Crippen LogP contribution >= 0.6 is 0 Å². The Morgan fingerprint density at radius 3 is 1.97 bits per heavy atom. The molecule has 0 saturated carbocycles. The predicted molar refractivity (Wildman–Crippen MR) is 147 cm³/mol. The first kappa shape index (κ1) is 21.1. The standard InChI is InChI=1S/C32H20N4O/c1-2-11-30-26(10-1)27-17-22(12-13-31(27)37-30)28-18-29(25-9-5-15-34-20-25)36-32(35-28)23-7-3-6-21(16-23)24-8-4-14-33-19-24/h1-20H. The van der Waals surface area contributed by atoms with E-state index in [4.69, 9.17) is 14.4 Å². The van der Waals surface area contributed by atoms with Crippen molar-refractivity contribution < 1.29 is 4.42 Å². The zero-order valence-corrected chi connectivity index (χ0v) is 19.7. The number of para-hydroxylation sites is 1. The van der Waals surface area contributed by atoms with Gasteiger partial charge >= 0.3 is 0 Å². The van der Waals surface area contributed by atoms with Crippen LogP contribution in [-0.2, 0) is 0 Å². The van der Waals surface area contributed by atoms with Gasteiger partial charge in [-0.1, -0.05) is 42.5 Å². The van der Waals surface area contributed by atoms with Crippen LogP contribution in [0.3, 0.4) is 0 Å². The van der Waals surface area contributed by atoms with Crippen molar-refractivity contribution in [3.8, 4) is 45.0 Å². The monoisotopic (exact) mass is 476 g/mol. The minimum Gasteiger partial charge on any atom is -0.456 e. The fourth-order valence-electron chi connectivity index (χ4n) is 4.64. The number of furan rings is 1. The molecule has 0 unspecified atom stereocenters. The molecule has 37 heavy (non-hydrogen) atoms. The van der Waals surface area contributed by atoms with Crippen LogP contribution < -0.4 is 0 Å². The number of hydrogen-bond acceptors (Lipinski definition) is 5. The van der Waals surface area contributed by atoms with Gasteiger partial charge in [0.25, 0.3) is 0 Å². The molecular formula is C32H20N4O. The van der Waals surface area contributed by atoms with Crippen molar-refractivity contribution >= 4 is 21.9 Å². The molecule has 5 heteroatoms. The minimum atomic E-state index is 0.652. The lowest BCUT2D eigenvalue weighted by atomic mass is 10.0. The van der Waals surface area contributed by atoms with E-state index in [1.807, 2.05) is 73.1 Å². The van der Waals surface area contributed by atoms with E-state index in [0.29, 0.717) is 5.82 Å². The summed E-state index contributed by atoms with van der Waals surface area (Å²) >= 11 is 0. The van der Waals surface area contributed by atoms with Crippen molar-refractivity contribution in [2.75, 3.05) is 0 Å². The molecular weight excluding hydrogens is 456 g/mol. The molecule has 0 fully saturated rings. The molecule has 4 aromatic heterocycles. The lowest BCUT2D eigenvalue weighted by Gasteiger charge is -2.10. The van der Waals surface area contributed by atoms with Gasteiger partial charge in [0.15, 0.2) is 5.82 Å². The Morgan fingerprint density at radius 2 is 1.16 bits per heavy atom. The number of fused-ring (bicyclic) bond motifs is 3. The Kier molecular flexibility index (Phi) is 5.03. The molecule has 0 spiro atoms. The van der Waals surface area contributed by atoms with E-state index in [2.05, 4.69) is 46.4 Å². The first-order chi connectivity index (χ1) is 18.3. The molecule has 0 radical (unpaired) electrons. The lowest BCUT2D eigenvalue weighted by Crippen LogP contribution is -1.96. The molecule has 3 aromatic carbocycles. The third kappa shape index (κ3) is 3.93. The first-order valence-electron chi connectivity index (χ1n) is 12.0. The zero-order valence-electron chi connectivity index (χ0n) is 19.7. The summed E-state index contributed by atoms with van der Waals surface area (Å²) in [7, 11) is 0. The highest BCUT2D eigenvalue weighted by molar-refractivity contribution is 6.06. The van der Waals surface area contributed by atoms with E-state index in [0.717, 1.165) is 61.1 Å². The van der Waals surface area contributed by atoms with Crippen LogP contribution in [0.25, 0.3) is 67.0 Å². The van der Waals surface area contributed by atoms with Gasteiger partial charge in [0, 0.05) is 57.8 Å². The average Bonchev–Trinajstić information content (AvgIpc) is 3.36. The number of nitrogens with zero attached hydrogens (tertiary/aromatic N) is 4.